The highest BCUT2D eigenvalue weighted by atomic mass is 15.1. The van der Waals surface area contributed by atoms with Crippen LogP contribution in [0.2, 0.25) is 0 Å². The van der Waals surface area contributed by atoms with Crippen molar-refractivity contribution in [3.63, 3.8) is 0 Å². The van der Waals surface area contributed by atoms with E-state index in [2.05, 4.69) is 299 Å². The van der Waals surface area contributed by atoms with E-state index in [-0.39, 0.29) is 0 Å². The zero-order valence-electron chi connectivity index (χ0n) is 41.0. The molecule has 0 fully saturated rings. The van der Waals surface area contributed by atoms with Gasteiger partial charge in [0.2, 0.25) is 0 Å². The number of aromatic nitrogens is 1. The molecule has 350 valence electrons. The third-order valence-corrected chi connectivity index (χ3v) is 15.4. The summed E-state index contributed by atoms with van der Waals surface area (Å²) >= 11 is 0. The molecule has 0 unspecified atom stereocenters. The molecule has 75 heavy (non-hydrogen) atoms. The lowest BCUT2D eigenvalue weighted by Crippen LogP contribution is -2.10. The molecule has 1 aromatic heterocycles. The molecule has 0 saturated heterocycles. The van der Waals surface area contributed by atoms with E-state index in [0.717, 1.165) is 39.8 Å². The molecule has 1 heterocycles. The molecule has 0 aliphatic heterocycles. The van der Waals surface area contributed by atoms with Crippen LogP contribution in [0.1, 0.15) is 0 Å². The van der Waals surface area contributed by atoms with Gasteiger partial charge in [0.05, 0.1) is 11.0 Å². The van der Waals surface area contributed by atoms with Crippen LogP contribution in [-0.4, -0.2) is 4.57 Å². The van der Waals surface area contributed by atoms with Gasteiger partial charge in [0.1, 0.15) is 0 Å². The number of hydrogen-bond acceptors (Lipinski definition) is 2. The lowest BCUT2D eigenvalue weighted by Gasteiger charge is -2.27. The van der Waals surface area contributed by atoms with Gasteiger partial charge >= 0.3 is 0 Å². The summed E-state index contributed by atoms with van der Waals surface area (Å²) in [7, 11) is 0. The fourth-order valence-electron chi connectivity index (χ4n) is 11.9. The van der Waals surface area contributed by atoms with Gasteiger partial charge < -0.3 is 14.4 Å². The topological polar surface area (TPSA) is 11.4 Å². The molecular formula is C72H47N3. The third kappa shape index (κ3) is 7.12. The quantitative estimate of drug-likeness (QED) is 0.111. The molecule has 14 aromatic carbocycles. The molecule has 0 saturated carbocycles. The summed E-state index contributed by atoms with van der Waals surface area (Å²) in [5, 5.41) is 17.1. The van der Waals surface area contributed by atoms with E-state index < -0.39 is 0 Å². The first-order valence-corrected chi connectivity index (χ1v) is 25.8. The van der Waals surface area contributed by atoms with Gasteiger partial charge in [-0.3, -0.25) is 0 Å². The summed E-state index contributed by atoms with van der Waals surface area (Å²) in [6.07, 6.45) is 0. The number of anilines is 6. The maximum Gasteiger partial charge on any atom is 0.0547 e. The van der Waals surface area contributed by atoms with E-state index >= 15 is 0 Å². The van der Waals surface area contributed by atoms with E-state index in [9.17, 15) is 0 Å². The summed E-state index contributed by atoms with van der Waals surface area (Å²) in [6, 6.07) is 105. The minimum absolute atomic E-state index is 1.10. The summed E-state index contributed by atoms with van der Waals surface area (Å²) in [5.41, 5.74) is 12.5. The minimum Gasteiger partial charge on any atom is -0.310 e. The Morgan fingerprint density at radius 1 is 0.213 bits per heavy atom. The van der Waals surface area contributed by atoms with E-state index in [0.29, 0.717) is 0 Å². The first kappa shape index (κ1) is 42.7. The Labute approximate surface area is 434 Å². The smallest absolute Gasteiger partial charge is 0.0547 e. The monoisotopic (exact) mass is 953 g/mol. The second-order valence-electron chi connectivity index (χ2n) is 19.7. The van der Waals surface area contributed by atoms with E-state index in [1.165, 1.54) is 97.6 Å². The highest BCUT2D eigenvalue weighted by molar-refractivity contribution is 6.31. The van der Waals surface area contributed by atoms with Crippen LogP contribution in [0.4, 0.5) is 34.1 Å². The second kappa shape index (κ2) is 17.4. The van der Waals surface area contributed by atoms with Crippen molar-refractivity contribution < 1.29 is 0 Å². The first-order valence-electron chi connectivity index (χ1n) is 25.8. The normalized spacial score (nSPS) is 11.7. The molecule has 0 aliphatic carbocycles. The Balaban J connectivity index is 1.02. The maximum atomic E-state index is 2.50. The van der Waals surface area contributed by atoms with Crippen LogP contribution in [0.3, 0.4) is 0 Å². The highest BCUT2D eigenvalue weighted by Crippen LogP contribution is 2.47. The average Bonchev–Trinajstić information content (AvgIpc) is 3.82. The van der Waals surface area contributed by atoms with E-state index in [4.69, 9.17) is 0 Å². The third-order valence-electron chi connectivity index (χ3n) is 15.4. The van der Waals surface area contributed by atoms with Crippen LogP contribution in [0.25, 0.3) is 103 Å². The zero-order valence-corrected chi connectivity index (χ0v) is 41.0. The lowest BCUT2D eigenvalue weighted by molar-refractivity contribution is 1.19. The fourth-order valence-corrected chi connectivity index (χ4v) is 11.9. The number of benzene rings is 14. The van der Waals surface area contributed by atoms with E-state index in [1.54, 1.807) is 0 Å². The van der Waals surface area contributed by atoms with Gasteiger partial charge in [-0.05, 0) is 191 Å². The molecule has 0 radical (unpaired) electrons. The zero-order chi connectivity index (χ0) is 49.4. The van der Waals surface area contributed by atoms with Crippen molar-refractivity contribution in [1.82, 2.24) is 4.57 Å². The summed E-state index contributed by atoms with van der Waals surface area (Å²) in [6.45, 7) is 0. The predicted octanol–water partition coefficient (Wildman–Crippen LogP) is 20.3. The molecular weight excluding hydrogens is 907 g/mol. The molecule has 15 rings (SSSR count). The molecule has 0 bridgehead atoms. The van der Waals surface area contributed by atoms with E-state index in [1.807, 2.05) is 0 Å². The van der Waals surface area contributed by atoms with Crippen molar-refractivity contribution in [2.75, 3.05) is 9.80 Å². The summed E-state index contributed by atoms with van der Waals surface area (Å²) < 4.78 is 2.49. The van der Waals surface area contributed by atoms with Crippen LogP contribution in [-0.2, 0) is 0 Å². The maximum absolute atomic E-state index is 2.50. The Kier molecular flexibility index (Phi) is 9.89. The van der Waals surface area contributed by atoms with Crippen LogP contribution in [0.5, 0.6) is 0 Å². The van der Waals surface area contributed by atoms with Crippen molar-refractivity contribution in [2.45, 2.75) is 0 Å². The van der Waals surface area contributed by atoms with Crippen LogP contribution in [0, 0.1) is 0 Å². The molecule has 0 atom stereocenters. The molecule has 3 heteroatoms. The Morgan fingerprint density at radius 2 is 0.640 bits per heavy atom. The number of hydrogen-bond donors (Lipinski definition) is 0. The van der Waals surface area contributed by atoms with Crippen LogP contribution >= 0.6 is 0 Å². The molecule has 0 spiro atoms. The molecule has 0 amide bonds. The lowest BCUT2D eigenvalue weighted by atomic mass is 9.90. The minimum atomic E-state index is 1.10. The van der Waals surface area contributed by atoms with Gasteiger partial charge in [0.25, 0.3) is 0 Å². The van der Waals surface area contributed by atoms with Crippen LogP contribution < -0.4 is 9.80 Å². The molecule has 15 aromatic rings. The van der Waals surface area contributed by atoms with Crippen molar-refractivity contribution in [3.05, 3.63) is 285 Å². The molecule has 3 nitrogen and oxygen atoms in total. The van der Waals surface area contributed by atoms with Gasteiger partial charge in [0.15, 0.2) is 0 Å². The Bertz CT molecular complexity index is 4620. The van der Waals surface area contributed by atoms with Crippen molar-refractivity contribution in [2.24, 2.45) is 0 Å². The first-order chi connectivity index (χ1) is 37.2. The SMILES string of the molecule is c1ccc(N(c2ccccc2)c2ccc3c(c2)c2cc(N(c4ccccc4)c4ccccc4)ccc2c2cc4c(ccc5c4c4ccc(-c6ccc7ccccc7c6)cc4n5-c4ccc5ccccc5c4)cc32)cc1. The highest BCUT2D eigenvalue weighted by Gasteiger charge is 2.21. The molecule has 0 N–H and O–H groups in total. The Morgan fingerprint density at radius 3 is 1.20 bits per heavy atom. The predicted molar refractivity (Wildman–Crippen MR) is 321 cm³/mol. The summed E-state index contributed by atoms with van der Waals surface area (Å²) in [5.74, 6) is 0. The number of nitrogens with zero attached hydrogens (tertiary/aromatic N) is 3. The summed E-state index contributed by atoms with van der Waals surface area (Å²) in [4.78, 5) is 4.74. The van der Waals surface area contributed by atoms with Gasteiger partial charge in [0, 0.05) is 50.6 Å². The standard InChI is InChI=1S/C72H47N3/c1-5-21-55(22-6-1)73(56-23-7-2-8-24-56)60-35-38-62-66-43-54-33-40-70-72(65(54)47-69(66)63-39-36-61(46-68(63)67(62)45-60)74(57-25-9-3-10-26-57)58-27-11-4-12-28-58)64-37-32-53(52-30-29-48-17-13-15-19-50(48)41-52)44-71(64)75(70)59-34-31-49-18-14-16-20-51(49)42-59/h1-47H. The second-order valence-corrected chi connectivity index (χ2v) is 19.7. The van der Waals surface area contributed by atoms with Crippen molar-refractivity contribution in [3.8, 4) is 16.8 Å². The average molecular weight is 954 g/mol. The number of para-hydroxylation sites is 4. The van der Waals surface area contributed by atoms with Gasteiger partial charge in [-0.15, -0.1) is 0 Å². The number of fused-ring (bicyclic) bond motifs is 13. The van der Waals surface area contributed by atoms with Gasteiger partial charge in [-0.25, -0.2) is 0 Å². The van der Waals surface area contributed by atoms with Gasteiger partial charge in [-0.2, -0.15) is 0 Å². The Hall–Kier alpha value is -9.96. The number of rotatable bonds is 8. The molecule has 0 aliphatic rings. The van der Waals surface area contributed by atoms with Crippen molar-refractivity contribution in [1.29, 1.82) is 0 Å². The van der Waals surface area contributed by atoms with Crippen LogP contribution in [0.15, 0.2) is 285 Å². The largest absolute Gasteiger partial charge is 0.310 e. The van der Waals surface area contributed by atoms with Gasteiger partial charge in [-0.1, -0.05) is 170 Å². The fraction of sp³-hybridized carbons (Fsp3) is 0. The van der Waals surface area contributed by atoms with Crippen molar-refractivity contribution >= 4 is 121 Å².